The minimum absolute atomic E-state index is 0.118. The third-order valence-electron chi connectivity index (χ3n) is 4.92. The number of hydrogen-bond donors (Lipinski definition) is 3. The van der Waals surface area contributed by atoms with Crippen LogP contribution in [0.2, 0.25) is 0 Å². The van der Waals surface area contributed by atoms with E-state index in [0.717, 1.165) is 23.4 Å². The molecule has 2 aromatic carbocycles. The summed E-state index contributed by atoms with van der Waals surface area (Å²) in [5, 5.41) is 22.1. The highest BCUT2D eigenvalue weighted by atomic mass is 79.9. The van der Waals surface area contributed by atoms with Crippen LogP contribution in [-0.4, -0.2) is 40.4 Å². The van der Waals surface area contributed by atoms with Gasteiger partial charge in [0.1, 0.15) is 24.0 Å². The van der Waals surface area contributed by atoms with Crippen LogP contribution in [0.1, 0.15) is 28.4 Å². The van der Waals surface area contributed by atoms with Crippen molar-refractivity contribution < 1.29 is 28.5 Å². The molecule has 0 spiro atoms. The number of benzene rings is 2. The molecule has 3 N–H and O–H groups in total. The fourth-order valence-corrected chi connectivity index (χ4v) is 3.62. The van der Waals surface area contributed by atoms with E-state index < -0.39 is 17.9 Å². The number of hydrogen-bond acceptors (Lipinski definition) is 5. The Kier molecular flexibility index (Phi) is 8.00. The maximum absolute atomic E-state index is 13.8. The van der Waals surface area contributed by atoms with Gasteiger partial charge in [0.25, 0.3) is 5.91 Å². The maximum atomic E-state index is 13.8. The minimum Gasteiger partial charge on any atom is -0.488 e. The van der Waals surface area contributed by atoms with Crippen molar-refractivity contribution in [3.05, 3.63) is 92.8 Å². The highest BCUT2D eigenvalue weighted by Crippen LogP contribution is 2.31. The first-order chi connectivity index (χ1) is 15.3. The van der Waals surface area contributed by atoms with Gasteiger partial charge in [0.15, 0.2) is 6.23 Å². The Morgan fingerprint density at radius 3 is 2.59 bits per heavy atom. The summed E-state index contributed by atoms with van der Waals surface area (Å²) in [4.78, 5) is 13.7. The molecule has 6 nitrogen and oxygen atoms in total. The second-order valence-electron chi connectivity index (χ2n) is 7.20. The van der Waals surface area contributed by atoms with E-state index in [4.69, 9.17) is 9.84 Å². The molecular formula is C23H23BrF2N2O4. The van der Waals surface area contributed by atoms with E-state index in [-0.39, 0.29) is 31.2 Å². The lowest BCUT2D eigenvalue weighted by Crippen LogP contribution is -2.36. The van der Waals surface area contributed by atoms with E-state index in [1.54, 1.807) is 42.2 Å². The van der Waals surface area contributed by atoms with Gasteiger partial charge in [0.2, 0.25) is 0 Å². The van der Waals surface area contributed by atoms with Gasteiger partial charge in [-0.1, -0.05) is 12.1 Å². The standard InChI is InChI=1S/C23H23BrF2N2O4/c1-14-10-20(32-13-17-6-7-18(25)11-19(17)26)21(24)23(31)28(14)12-15-2-4-16(5-3-15)22(30)27-8-9-29/h2-7,10-11,23,29,31H,8-9,12-13H2,1H3,(H,27,30). The van der Waals surface area contributed by atoms with Gasteiger partial charge in [-0.15, -0.1) is 0 Å². The molecule has 0 bridgehead atoms. The number of nitrogens with zero attached hydrogens (tertiary/aromatic N) is 1. The Morgan fingerprint density at radius 1 is 1.22 bits per heavy atom. The summed E-state index contributed by atoms with van der Waals surface area (Å²) in [7, 11) is 0. The topological polar surface area (TPSA) is 82.0 Å². The zero-order valence-corrected chi connectivity index (χ0v) is 18.9. The number of amides is 1. The molecule has 0 radical (unpaired) electrons. The monoisotopic (exact) mass is 508 g/mol. The molecule has 0 aromatic heterocycles. The van der Waals surface area contributed by atoms with E-state index in [0.29, 0.717) is 22.3 Å². The van der Waals surface area contributed by atoms with Gasteiger partial charge in [0, 0.05) is 42.1 Å². The second-order valence-corrected chi connectivity index (χ2v) is 8.05. The summed E-state index contributed by atoms with van der Waals surface area (Å²) in [6.45, 7) is 2.11. The van der Waals surface area contributed by atoms with Crippen LogP contribution in [0, 0.1) is 11.6 Å². The normalized spacial score (nSPS) is 16.1. The van der Waals surface area contributed by atoms with Crippen molar-refractivity contribution in [1.29, 1.82) is 0 Å². The Hall–Kier alpha value is -2.75. The third-order valence-corrected chi connectivity index (χ3v) is 5.72. The van der Waals surface area contributed by atoms with Crippen molar-refractivity contribution in [2.45, 2.75) is 26.3 Å². The molecule has 0 saturated heterocycles. The van der Waals surface area contributed by atoms with Gasteiger partial charge < -0.3 is 25.2 Å². The quantitative estimate of drug-likeness (QED) is 0.508. The summed E-state index contributed by atoms with van der Waals surface area (Å²) in [6, 6.07) is 10.2. The van der Waals surface area contributed by atoms with Gasteiger partial charge in [-0.3, -0.25) is 4.79 Å². The van der Waals surface area contributed by atoms with Crippen molar-refractivity contribution >= 4 is 21.8 Å². The van der Waals surface area contributed by atoms with Crippen molar-refractivity contribution in [3.63, 3.8) is 0 Å². The van der Waals surface area contributed by atoms with Crippen molar-refractivity contribution in [3.8, 4) is 0 Å². The van der Waals surface area contributed by atoms with E-state index in [9.17, 15) is 18.7 Å². The van der Waals surface area contributed by atoms with Crippen molar-refractivity contribution in [2.75, 3.05) is 13.2 Å². The first-order valence-electron chi connectivity index (χ1n) is 9.87. The lowest BCUT2D eigenvalue weighted by Gasteiger charge is -2.34. The molecule has 1 heterocycles. The van der Waals surface area contributed by atoms with Crippen LogP contribution in [0.25, 0.3) is 0 Å². The summed E-state index contributed by atoms with van der Waals surface area (Å²) < 4.78 is 32.9. The van der Waals surface area contributed by atoms with E-state index in [1.807, 2.05) is 0 Å². The Labute approximate surface area is 192 Å². The number of aliphatic hydroxyl groups is 2. The van der Waals surface area contributed by atoms with E-state index in [2.05, 4.69) is 21.2 Å². The number of carbonyl (C=O) groups is 1. The fraction of sp³-hybridized carbons (Fsp3) is 0.261. The predicted molar refractivity (Wildman–Crippen MR) is 118 cm³/mol. The summed E-state index contributed by atoms with van der Waals surface area (Å²) in [5.74, 6) is -1.28. The number of ether oxygens (including phenoxy) is 1. The summed E-state index contributed by atoms with van der Waals surface area (Å²) >= 11 is 3.35. The first-order valence-corrected chi connectivity index (χ1v) is 10.7. The summed E-state index contributed by atoms with van der Waals surface area (Å²) in [6.07, 6.45) is 0.690. The Morgan fingerprint density at radius 2 is 1.94 bits per heavy atom. The number of halogens is 3. The number of carbonyl (C=O) groups excluding carboxylic acids is 1. The molecule has 2 aromatic rings. The highest BCUT2D eigenvalue weighted by molar-refractivity contribution is 9.11. The molecule has 1 aliphatic heterocycles. The largest absolute Gasteiger partial charge is 0.488 e. The van der Waals surface area contributed by atoms with Crippen LogP contribution < -0.4 is 5.32 Å². The van der Waals surface area contributed by atoms with Gasteiger partial charge in [-0.05, 0) is 52.7 Å². The molecule has 0 aliphatic carbocycles. The molecule has 1 atom stereocenters. The molecule has 1 aliphatic rings. The molecule has 0 fully saturated rings. The van der Waals surface area contributed by atoms with Crippen LogP contribution in [-0.2, 0) is 17.9 Å². The smallest absolute Gasteiger partial charge is 0.251 e. The molecule has 170 valence electrons. The SMILES string of the molecule is CC1=CC(OCc2ccc(F)cc2F)=C(Br)C(O)N1Cc1ccc(C(=O)NCCO)cc1. The van der Waals surface area contributed by atoms with Crippen LogP contribution in [0.4, 0.5) is 8.78 Å². The van der Waals surface area contributed by atoms with E-state index >= 15 is 0 Å². The third kappa shape index (κ3) is 5.73. The number of aliphatic hydroxyl groups excluding tert-OH is 2. The van der Waals surface area contributed by atoms with Crippen molar-refractivity contribution in [2.24, 2.45) is 0 Å². The zero-order valence-electron chi connectivity index (χ0n) is 17.3. The second kappa shape index (κ2) is 10.7. The van der Waals surface area contributed by atoms with Crippen LogP contribution >= 0.6 is 15.9 Å². The maximum Gasteiger partial charge on any atom is 0.251 e. The molecule has 32 heavy (non-hydrogen) atoms. The number of rotatable bonds is 8. The van der Waals surface area contributed by atoms with Crippen LogP contribution in [0.3, 0.4) is 0 Å². The van der Waals surface area contributed by atoms with Crippen LogP contribution in [0.15, 0.2) is 64.5 Å². The molecule has 9 heteroatoms. The Balaban J connectivity index is 1.66. The first kappa shape index (κ1) is 23.9. The molecule has 1 unspecified atom stereocenters. The number of nitrogens with one attached hydrogen (secondary N) is 1. The van der Waals surface area contributed by atoms with Crippen LogP contribution in [0.5, 0.6) is 0 Å². The zero-order chi connectivity index (χ0) is 23.3. The average molecular weight is 509 g/mol. The summed E-state index contributed by atoms with van der Waals surface area (Å²) in [5.41, 5.74) is 2.26. The lowest BCUT2D eigenvalue weighted by atomic mass is 10.1. The molecule has 1 amide bonds. The average Bonchev–Trinajstić information content (AvgIpc) is 2.78. The van der Waals surface area contributed by atoms with Gasteiger partial charge in [-0.25, -0.2) is 8.78 Å². The Bertz CT molecular complexity index is 1040. The highest BCUT2D eigenvalue weighted by Gasteiger charge is 2.27. The minimum atomic E-state index is -1.03. The van der Waals surface area contributed by atoms with Crippen molar-refractivity contribution in [1.82, 2.24) is 10.2 Å². The fourth-order valence-electron chi connectivity index (χ4n) is 3.14. The molecule has 3 rings (SSSR count). The number of allylic oxidation sites excluding steroid dienone is 2. The van der Waals surface area contributed by atoms with Gasteiger partial charge in [-0.2, -0.15) is 0 Å². The molecule has 0 saturated carbocycles. The van der Waals surface area contributed by atoms with E-state index in [1.165, 1.54) is 6.07 Å². The van der Waals surface area contributed by atoms with Gasteiger partial charge in [0.05, 0.1) is 11.1 Å². The predicted octanol–water partition coefficient (Wildman–Crippen LogP) is 3.55. The van der Waals surface area contributed by atoms with Gasteiger partial charge >= 0.3 is 0 Å². The lowest BCUT2D eigenvalue weighted by molar-refractivity contribution is 0.0498. The molecular weight excluding hydrogens is 486 g/mol.